The molecule has 1 aromatic heterocycles. The molecule has 8 nitrogen and oxygen atoms in total. The van der Waals surface area contributed by atoms with Gasteiger partial charge in [-0.3, -0.25) is 14.3 Å². The summed E-state index contributed by atoms with van der Waals surface area (Å²) in [6, 6.07) is -0.214. The Labute approximate surface area is 94.4 Å². The molecule has 0 bridgehead atoms. The van der Waals surface area contributed by atoms with E-state index in [1.165, 1.54) is 0 Å². The number of H-pyrrole nitrogens is 1. The lowest BCUT2D eigenvalue weighted by atomic mass is 10.0. The van der Waals surface area contributed by atoms with Gasteiger partial charge in [-0.25, -0.2) is 4.79 Å². The summed E-state index contributed by atoms with van der Waals surface area (Å²) >= 11 is 0. The Morgan fingerprint density at radius 3 is 2.65 bits per heavy atom. The van der Waals surface area contributed by atoms with E-state index in [4.69, 9.17) is 5.11 Å². The molecule has 0 spiro atoms. The molecule has 0 amide bonds. The second kappa shape index (κ2) is 4.08. The number of rotatable bonds is 2. The topological polar surface area (TPSA) is 136 Å². The molecule has 0 saturated carbocycles. The monoisotopic (exact) mass is 244 g/mol. The number of aliphatic hydroxyl groups excluding tert-OH is 4. The van der Waals surface area contributed by atoms with Gasteiger partial charge in [0.05, 0.1) is 18.3 Å². The quantitative estimate of drug-likeness (QED) is 0.372. The minimum atomic E-state index is -1.46. The van der Waals surface area contributed by atoms with E-state index in [2.05, 4.69) is 0 Å². The van der Waals surface area contributed by atoms with E-state index >= 15 is 0 Å². The van der Waals surface area contributed by atoms with Crippen LogP contribution in [-0.4, -0.2) is 48.8 Å². The lowest BCUT2D eigenvalue weighted by Gasteiger charge is -2.21. The van der Waals surface area contributed by atoms with Crippen LogP contribution in [0.2, 0.25) is 0 Å². The van der Waals surface area contributed by atoms with Gasteiger partial charge in [0.1, 0.15) is 18.3 Å². The molecule has 0 radical (unpaired) electrons. The molecule has 0 unspecified atom stereocenters. The van der Waals surface area contributed by atoms with Gasteiger partial charge in [0.2, 0.25) is 0 Å². The molecule has 0 saturated heterocycles. The number of nitrogens with zero attached hydrogens (tertiary/aromatic N) is 1. The number of hydrogen-bond donors (Lipinski definition) is 5. The summed E-state index contributed by atoms with van der Waals surface area (Å²) in [5.74, 6) is 0. The maximum Gasteiger partial charge on any atom is 0.329 e. The first-order valence-corrected chi connectivity index (χ1v) is 4.98. The first-order valence-electron chi connectivity index (χ1n) is 4.98. The Morgan fingerprint density at radius 1 is 1.41 bits per heavy atom. The highest BCUT2D eigenvalue weighted by atomic mass is 16.3. The second-order valence-corrected chi connectivity index (χ2v) is 3.91. The Morgan fingerprint density at radius 2 is 2.06 bits per heavy atom. The van der Waals surface area contributed by atoms with Crippen molar-refractivity contribution in [1.82, 2.24) is 9.55 Å². The zero-order valence-electron chi connectivity index (χ0n) is 8.65. The number of hydrogen-bond acceptors (Lipinski definition) is 6. The Balaban J connectivity index is 2.64. The highest BCUT2D eigenvalue weighted by Crippen LogP contribution is 2.33. The number of fused-ring (bicyclic) bond motifs is 1. The van der Waals surface area contributed by atoms with E-state index in [1.54, 1.807) is 0 Å². The van der Waals surface area contributed by atoms with Crippen molar-refractivity contribution in [3.8, 4) is 0 Å². The average Bonchev–Trinajstić information content (AvgIpc) is 2.53. The third kappa shape index (κ3) is 1.71. The van der Waals surface area contributed by atoms with E-state index in [1.807, 2.05) is 4.98 Å². The van der Waals surface area contributed by atoms with Crippen LogP contribution in [0.4, 0.5) is 0 Å². The third-order valence-electron chi connectivity index (χ3n) is 2.86. The molecule has 4 atom stereocenters. The predicted octanol–water partition coefficient (Wildman–Crippen LogP) is -3.16. The van der Waals surface area contributed by atoms with E-state index in [0.29, 0.717) is 0 Å². The predicted molar refractivity (Wildman–Crippen MR) is 54.4 cm³/mol. The van der Waals surface area contributed by atoms with Crippen LogP contribution < -0.4 is 11.2 Å². The minimum Gasteiger partial charge on any atom is -0.394 e. The summed E-state index contributed by atoms with van der Waals surface area (Å²) in [6.45, 7) is -0.681. The van der Waals surface area contributed by atoms with Crippen LogP contribution in [-0.2, 0) is 0 Å². The molecule has 1 aliphatic rings. The Bertz CT molecular complexity index is 535. The molecule has 1 aliphatic heterocycles. The maximum atomic E-state index is 11.5. The number of nitrogens with one attached hydrogen (secondary N) is 1. The largest absolute Gasteiger partial charge is 0.394 e. The molecule has 17 heavy (non-hydrogen) atoms. The van der Waals surface area contributed by atoms with Gasteiger partial charge in [-0.15, -0.1) is 0 Å². The fourth-order valence-corrected chi connectivity index (χ4v) is 2.08. The maximum absolute atomic E-state index is 11.5. The molecule has 2 heterocycles. The summed E-state index contributed by atoms with van der Waals surface area (Å²) in [6.07, 6.45) is -4.32. The van der Waals surface area contributed by atoms with Gasteiger partial charge in [-0.1, -0.05) is 0 Å². The molecular formula is C9H12N2O6. The van der Waals surface area contributed by atoms with Crippen molar-refractivity contribution in [1.29, 1.82) is 0 Å². The molecular weight excluding hydrogens is 232 g/mol. The van der Waals surface area contributed by atoms with Gasteiger partial charge in [0.15, 0.2) is 0 Å². The lowest BCUT2D eigenvalue weighted by Crippen LogP contribution is -2.40. The van der Waals surface area contributed by atoms with E-state index in [-0.39, 0.29) is 5.69 Å². The summed E-state index contributed by atoms with van der Waals surface area (Å²) in [5.41, 5.74) is -1.63. The number of aromatic nitrogens is 2. The van der Waals surface area contributed by atoms with Crippen LogP contribution in [0.25, 0.3) is 0 Å². The summed E-state index contributed by atoms with van der Waals surface area (Å²) in [7, 11) is 0. The summed E-state index contributed by atoms with van der Waals surface area (Å²) in [5, 5.41) is 37.7. The van der Waals surface area contributed by atoms with Crippen LogP contribution in [0.1, 0.15) is 17.8 Å². The molecule has 94 valence electrons. The van der Waals surface area contributed by atoms with Gasteiger partial charge >= 0.3 is 5.69 Å². The van der Waals surface area contributed by atoms with Crippen molar-refractivity contribution in [2.45, 2.75) is 24.4 Å². The molecule has 0 fully saturated rings. The molecule has 2 rings (SSSR count). The molecule has 0 aliphatic carbocycles. The van der Waals surface area contributed by atoms with E-state index in [0.717, 1.165) is 10.6 Å². The summed E-state index contributed by atoms with van der Waals surface area (Å²) in [4.78, 5) is 24.6. The van der Waals surface area contributed by atoms with Gasteiger partial charge in [0.25, 0.3) is 5.56 Å². The van der Waals surface area contributed by atoms with Crippen LogP contribution >= 0.6 is 0 Å². The Hall–Kier alpha value is -1.48. The van der Waals surface area contributed by atoms with Crippen LogP contribution in [0.15, 0.2) is 15.7 Å². The standard InChI is InChI=1S/C9H12N2O6/c12-2-4(13)6-8(16)7(15)3-1-5(14)10-9(17)11(3)6/h1,4,6-8,12-13,15-16H,2H2,(H,10,14,17)/t4-,6+,7-,8+/m1/s1. The first-order chi connectivity index (χ1) is 7.97. The lowest BCUT2D eigenvalue weighted by molar-refractivity contribution is -0.0401. The van der Waals surface area contributed by atoms with Crippen molar-refractivity contribution in [3.05, 3.63) is 32.6 Å². The minimum absolute atomic E-state index is 0.0799. The normalized spacial score (nSPS) is 29.1. The van der Waals surface area contributed by atoms with Crippen molar-refractivity contribution >= 4 is 0 Å². The van der Waals surface area contributed by atoms with Crippen molar-refractivity contribution < 1.29 is 20.4 Å². The zero-order chi connectivity index (χ0) is 12.7. The smallest absolute Gasteiger partial charge is 0.329 e. The van der Waals surface area contributed by atoms with E-state index in [9.17, 15) is 24.9 Å². The fourth-order valence-electron chi connectivity index (χ4n) is 2.08. The van der Waals surface area contributed by atoms with Gasteiger partial charge < -0.3 is 20.4 Å². The van der Waals surface area contributed by atoms with Gasteiger partial charge in [0, 0.05) is 6.07 Å². The van der Waals surface area contributed by atoms with Crippen molar-refractivity contribution in [2.24, 2.45) is 0 Å². The zero-order valence-corrected chi connectivity index (χ0v) is 8.65. The SMILES string of the molecule is O=c1cc2n(c(=O)[nH]1)[C@@H]([C@H](O)CO)[C@H](O)[C@@H]2O. The summed E-state index contributed by atoms with van der Waals surface area (Å²) < 4.78 is 0.887. The van der Waals surface area contributed by atoms with Crippen LogP contribution in [0.5, 0.6) is 0 Å². The van der Waals surface area contributed by atoms with Gasteiger partial charge in [-0.2, -0.15) is 0 Å². The molecule has 5 N–H and O–H groups in total. The van der Waals surface area contributed by atoms with Crippen molar-refractivity contribution in [3.63, 3.8) is 0 Å². The third-order valence-corrected chi connectivity index (χ3v) is 2.86. The first kappa shape index (κ1) is 12.0. The highest BCUT2D eigenvalue weighted by molar-refractivity contribution is 5.16. The van der Waals surface area contributed by atoms with E-state index < -0.39 is 42.2 Å². The van der Waals surface area contributed by atoms with Crippen LogP contribution in [0.3, 0.4) is 0 Å². The molecule has 8 heteroatoms. The fraction of sp³-hybridized carbons (Fsp3) is 0.556. The van der Waals surface area contributed by atoms with Crippen LogP contribution in [0, 0.1) is 0 Å². The van der Waals surface area contributed by atoms with Crippen molar-refractivity contribution in [2.75, 3.05) is 6.61 Å². The highest BCUT2D eigenvalue weighted by Gasteiger charge is 2.43. The Kier molecular flexibility index (Phi) is 2.87. The number of aliphatic hydroxyl groups is 4. The molecule has 0 aromatic carbocycles. The second-order valence-electron chi connectivity index (χ2n) is 3.91. The van der Waals surface area contributed by atoms with Gasteiger partial charge in [-0.05, 0) is 0 Å². The molecule has 1 aromatic rings. The average molecular weight is 244 g/mol. The number of aromatic amines is 1.